The number of nitrogens with one attached hydrogen (secondary N) is 2. The van der Waals surface area contributed by atoms with Crippen LogP contribution in [-0.4, -0.2) is 28.2 Å². The molecule has 5 nitrogen and oxygen atoms in total. The van der Waals surface area contributed by atoms with Gasteiger partial charge in [-0.15, -0.1) is 0 Å². The third-order valence-electron chi connectivity index (χ3n) is 4.72. The van der Waals surface area contributed by atoms with Crippen molar-refractivity contribution in [3.63, 3.8) is 0 Å². The zero-order valence-electron chi connectivity index (χ0n) is 12.5. The van der Waals surface area contributed by atoms with Crippen molar-refractivity contribution in [3.8, 4) is 11.5 Å². The van der Waals surface area contributed by atoms with Crippen LogP contribution in [0.4, 0.5) is 0 Å². The Hall–Kier alpha value is -2.53. The van der Waals surface area contributed by atoms with E-state index in [2.05, 4.69) is 10.6 Å². The lowest BCUT2D eigenvalue weighted by Gasteiger charge is -2.42. The van der Waals surface area contributed by atoms with Crippen molar-refractivity contribution in [2.45, 2.75) is 31.0 Å². The molecular formula is C18H18N2O3. The molecule has 0 radical (unpaired) electrons. The molecule has 2 aromatic carbocycles. The smallest absolute Gasteiger partial charge is 0.237 e. The van der Waals surface area contributed by atoms with Gasteiger partial charge in [-0.1, -0.05) is 30.3 Å². The summed E-state index contributed by atoms with van der Waals surface area (Å²) in [6.45, 7) is 0. The fourth-order valence-corrected chi connectivity index (χ4v) is 3.59. The topological polar surface area (TPSA) is 81.6 Å². The molecule has 5 heteroatoms. The zero-order chi connectivity index (χ0) is 16.0. The van der Waals surface area contributed by atoms with E-state index < -0.39 is 0 Å². The van der Waals surface area contributed by atoms with Gasteiger partial charge in [-0.2, -0.15) is 0 Å². The number of amides is 1. The van der Waals surface area contributed by atoms with Crippen LogP contribution in [0.1, 0.15) is 22.7 Å². The van der Waals surface area contributed by atoms with Gasteiger partial charge in [0.2, 0.25) is 5.91 Å². The van der Waals surface area contributed by atoms with E-state index in [9.17, 15) is 15.0 Å². The quantitative estimate of drug-likeness (QED) is 0.632. The molecule has 4 rings (SSSR count). The first-order chi connectivity index (χ1) is 11.1. The fraction of sp³-hybridized carbons (Fsp3) is 0.278. The molecule has 2 bridgehead atoms. The number of piperazine rings is 1. The molecular weight excluding hydrogens is 292 g/mol. The first kappa shape index (κ1) is 14.1. The summed E-state index contributed by atoms with van der Waals surface area (Å²) >= 11 is 0. The summed E-state index contributed by atoms with van der Waals surface area (Å²) in [5.74, 6) is -0.275. The molecule has 0 unspecified atom stereocenters. The second-order valence-corrected chi connectivity index (χ2v) is 6.25. The average molecular weight is 310 g/mol. The maximum Gasteiger partial charge on any atom is 0.237 e. The van der Waals surface area contributed by atoms with Gasteiger partial charge in [0.25, 0.3) is 0 Å². The second-order valence-electron chi connectivity index (χ2n) is 6.25. The van der Waals surface area contributed by atoms with Crippen LogP contribution in [0, 0.1) is 0 Å². The van der Waals surface area contributed by atoms with Crippen LogP contribution in [0.15, 0.2) is 42.5 Å². The van der Waals surface area contributed by atoms with Crippen molar-refractivity contribution in [2.75, 3.05) is 0 Å². The highest BCUT2D eigenvalue weighted by atomic mass is 16.3. The molecule has 0 spiro atoms. The van der Waals surface area contributed by atoms with Gasteiger partial charge in [0.1, 0.15) is 0 Å². The van der Waals surface area contributed by atoms with Crippen molar-refractivity contribution >= 4 is 5.91 Å². The van der Waals surface area contributed by atoms with Crippen molar-refractivity contribution in [1.82, 2.24) is 10.6 Å². The molecule has 2 aliphatic heterocycles. The molecule has 1 saturated heterocycles. The third kappa shape index (κ3) is 2.43. The molecule has 1 fully saturated rings. The molecule has 2 heterocycles. The normalized spacial score (nSPS) is 25.6. The molecule has 0 aromatic heterocycles. The van der Waals surface area contributed by atoms with Crippen molar-refractivity contribution in [1.29, 1.82) is 0 Å². The number of phenols is 2. The van der Waals surface area contributed by atoms with Gasteiger partial charge in [-0.3, -0.25) is 10.1 Å². The van der Waals surface area contributed by atoms with Crippen molar-refractivity contribution < 1.29 is 15.0 Å². The van der Waals surface area contributed by atoms with Gasteiger partial charge in [0, 0.05) is 0 Å². The number of benzene rings is 2. The number of carbonyl (C=O) groups excluding carboxylic acids is 1. The lowest BCUT2D eigenvalue weighted by Crippen LogP contribution is -2.63. The number of hydrogen-bond donors (Lipinski definition) is 4. The molecule has 2 aliphatic rings. The van der Waals surface area contributed by atoms with Crippen molar-refractivity contribution in [2.24, 2.45) is 0 Å². The monoisotopic (exact) mass is 310 g/mol. The van der Waals surface area contributed by atoms with Crippen molar-refractivity contribution in [3.05, 3.63) is 59.2 Å². The van der Waals surface area contributed by atoms with Crippen LogP contribution < -0.4 is 10.6 Å². The Morgan fingerprint density at radius 3 is 2.61 bits per heavy atom. The van der Waals surface area contributed by atoms with Crippen LogP contribution in [0.3, 0.4) is 0 Å². The average Bonchev–Trinajstić information content (AvgIpc) is 2.54. The number of rotatable bonds is 2. The van der Waals surface area contributed by atoms with E-state index in [4.69, 9.17) is 0 Å². The maximum absolute atomic E-state index is 12.3. The predicted octanol–water partition coefficient (Wildman–Crippen LogP) is 1.39. The Morgan fingerprint density at radius 2 is 1.83 bits per heavy atom. The first-order valence-corrected chi connectivity index (χ1v) is 7.77. The standard InChI is InChI=1S/C18H18N2O3/c21-15-8-11-7-14-18(23)20-13(6-10-4-2-1-3-5-10)17(19-14)12(11)9-16(15)22/h1-5,8-9,13-14,17,19,21-22H,6-7H2,(H,20,23)/t13-,14-,17+/m0/s1. The van der Waals surface area contributed by atoms with E-state index in [0.717, 1.165) is 16.7 Å². The van der Waals surface area contributed by atoms with Gasteiger partial charge in [-0.25, -0.2) is 0 Å². The fourth-order valence-electron chi connectivity index (χ4n) is 3.59. The molecule has 118 valence electrons. The van der Waals surface area contributed by atoms with E-state index in [-0.39, 0.29) is 35.5 Å². The molecule has 2 aromatic rings. The van der Waals surface area contributed by atoms with Gasteiger partial charge in [0.05, 0.1) is 18.1 Å². The van der Waals surface area contributed by atoms with E-state index in [1.54, 1.807) is 12.1 Å². The Balaban J connectivity index is 1.71. The largest absolute Gasteiger partial charge is 0.504 e. The van der Waals surface area contributed by atoms with E-state index in [0.29, 0.717) is 12.8 Å². The van der Waals surface area contributed by atoms with Gasteiger partial charge < -0.3 is 15.5 Å². The summed E-state index contributed by atoms with van der Waals surface area (Å²) in [5.41, 5.74) is 3.01. The minimum Gasteiger partial charge on any atom is -0.504 e. The Bertz CT molecular complexity index is 760. The van der Waals surface area contributed by atoms with Crippen LogP contribution >= 0.6 is 0 Å². The van der Waals surface area contributed by atoms with Crippen LogP contribution in [-0.2, 0) is 17.6 Å². The minimum absolute atomic E-state index is 0.0135. The summed E-state index contributed by atoms with van der Waals surface area (Å²) in [6.07, 6.45) is 1.22. The highest BCUT2D eigenvalue weighted by Crippen LogP contribution is 2.38. The summed E-state index contributed by atoms with van der Waals surface area (Å²) in [4.78, 5) is 12.3. The lowest BCUT2D eigenvalue weighted by atomic mass is 9.81. The van der Waals surface area contributed by atoms with E-state index in [1.165, 1.54) is 0 Å². The predicted molar refractivity (Wildman–Crippen MR) is 85.2 cm³/mol. The summed E-state index contributed by atoms with van der Waals surface area (Å²) < 4.78 is 0. The second kappa shape index (κ2) is 5.28. The molecule has 1 amide bonds. The molecule has 23 heavy (non-hydrogen) atoms. The Morgan fingerprint density at radius 1 is 1.09 bits per heavy atom. The summed E-state index contributed by atoms with van der Waals surface area (Å²) in [5, 5.41) is 26.0. The Kier molecular flexibility index (Phi) is 3.23. The van der Waals surface area contributed by atoms with Gasteiger partial charge >= 0.3 is 0 Å². The van der Waals surface area contributed by atoms with Crippen LogP contribution in [0.2, 0.25) is 0 Å². The number of fused-ring (bicyclic) bond motifs is 4. The molecule has 4 N–H and O–H groups in total. The third-order valence-corrected chi connectivity index (χ3v) is 4.72. The molecule has 0 saturated carbocycles. The van der Waals surface area contributed by atoms with E-state index >= 15 is 0 Å². The SMILES string of the molecule is O=C1N[C@@H](Cc2ccccc2)[C@@H]2N[C@H]1Cc1cc(O)c(O)cc12. The maximum atomic E-state index is 12.3. The number of phenolic OH excluding ortho intramolecular Hbond substituents is 2. The molecule has 0 aliphatic carbocycles. The van der Waals surface area contributed by atoms with Gasteiger partial charge in [0.15, 0.2) is 11.5 Å². The Labute approximate surface area is 134 Å². The lowest BCUT2D eigenvalue weighted by molar-refractivity contribution is -0.126. The van der Waals surface area contributed by atoms with Crippen LogP contribution in [0.5, 0.6) is 11.5 Å². The van der Waals surface area contributed by atoms with Gasteiger partial charge in [-0.05, 0) is 41.7 Å². The number of aromatic hydroxyl groups is 2. The highest BCUT2D eigenvalue weighted by Gasteiger charge is 2.40. The number of hydrogen-bond acceptors (Lipinski definition) is 4. The highest BCUT2D eigenvalue weighted by molar-refractivity contribution is 5.84. The summed E-state index contributed by atoms with van der Waals surface area (Å²) in [7, 11) is 0. The first-order valence-electron chi connectivity index (χ1n) is 7.77. The summed E-state index contributed by atoms with van der Waals surface area (Å²) in [6, 6.07) is 12.7. The van der Waals surface area contributed by atoms with E-state index in [1.807, 2.05) is 30.3 Å². The zero-order valence-corrected chi connectivity index (χ0v) is 12.5. The number of carbonyl (C=O) groups is 1. The minimum atomic E-state index is -0.288. The van der Waals surface area contributed by atoms with Crippen LogP contribution in [0.25, 0.3) is 0 Å². The molecule has 3 atom stereocenters.